The molecule has 0 aliphatic carbocycles. The maximum Gasteiger partial charge on any atom is 0.228 e. The Morgan fingerprint density at radius 2 is 1.96 bits per heavy atom. The normalized spacial score (nSPS) is 14.0. The number of hydrogen-bond donors (Lipinski definition) is 1. The van der Waals surface area contributed by atoms with Crippen LogP contribution in [0.2, 0.25) is 0 Å². The molecule has 0 spiro atoms. The second-order valence-corrected chi connectivity index (χ2v) is 5.66. The summed E-state index contributed by atoms with van der Waals surface area (Å²) in [5, 5.41) is 3.03. The van der Waals surface area contributed by atoms with Gasteiger partial charge in [-0.05, 0) is 38.1 Å². The SMILES string of the molecule is CNCc1nc(C)c2c(n1)N(Cc1ccc(F)cc1)C(=O)CC2. The fourth-order valence-electron chi connectivity index (χ4n) is 2.81. The van der Waals surface area contributed by atoms with Gasteiger partial charge in [-0.3, -0.25) is 9.69 Å². The van der Waals surface area contributed by atoms with E-state index in [9.17, 15) is 9.18 Å². The molecule has 0 saturated heterocycles. The van der Waals surface area contributed by atoms with Crippen LogP contribution in [0.4, 0.5) is 10.2 Å². The lowest BCUT2D eigenvalue weighted by Crippen LogP contribution is -2.36. The second kappa shape index (κ2) is 6.42. The van der Waals surface area contributed by atoms with Crippen LogP contribution in [0.15, 0.2) is 24.3 Å². The van der Waals surface area contributed by atoms with Gasteiger partial charge in [-0.25, -0.2) is 14.4 Å². The average molecular weight is 314 g/mol. The van der Waals surface area contributed by atoms with Crippen molar-refractivity contribution >= 4 is 11.7 Å². The number of benzene rings is 1. The fourth-order valence-corrected chi connectivity index (χ4v) is 2.81. The van der Waals surface area contributed by atoms with Crippen molar-refractivity contribution in [3.05, 3.63) is 52.7 Å². The van der Waals surface area contributed by atoms with E-state index in [0.717, 1.165) is 16.8 Å². The lowest BCUT2D eigenvalue weighted by Gasteiger charge is -2.29. The van der Waals surface area contributed by atoms with Gasteiger partial charge in [0.15, 0.2) is 0 Å². The summed E-state index contributed by atoms with van der Waals surface area (Å²) in [6.07, 6.45) is 1.11. The Kier molecular flexibility index (Phi) is 4.34. The third-order valence-corrected chi connectivity index (χ3v) is 3.97. The Labute approximate surface area is 134 Å². The highest BCUT2D eigenvalue weighted by Gasteiger charge is 2.28. The van der Waals surface area contributed by atoms with Crippen LogP contribution in [0.3, 0.4) is 0 Å². The third-order valence-electron chi connectivity index (χ3n) is 3.97. The number of carbonyl (C=O) groups is 1. The minimum Gasteiger partial charge on any atom is -0.313 e. The predicted octanol–water partition coefficient (Wildman–Crippen LogP) is 2.12. The van der Waals surface area contributed by atoms with E-state index in [1.807, 2.05) is 14.0 Å². The lowest BCUT2D eigenvalue weighted by atomic mass is 10.0. The number of nitrogens with zero attached hydrogens (tertiary/aromatic N) is 3. The first-order chi connectivity index (χ1) is 11.1. The van der Waals surface area contributed by atoms with Crippen LogP contribution in [-0.2, 0) is 24.3 Å². The van der Waals surface area contributed by atoms with E-state index in [4.69, 9.17) is 0 Å². The number of hydrogen-bond acceptors (Lipinski definition) is 4. The highest BCUT2D eigenvalue weighted by Crippen LogP contribution is 2.29. The highest BCUT2D eigenvalue weighted by atomic mass is 19.1. The van der Waals surface area contributed by atoms with Gasteiger partial charge in [-0.15, -0.1) is 0 Å². The maximum absolute atomic E-state index is 13.1. The zero-order chi connectivity index (χ0) is 16.4. The predicted molar refractivity (Wildman–Crippen MR) is 85.4 cm³/mol. The van der Waals surface area contributed by atoms with Gasteiger partial charge in [0.1, 0.15) is 17.5 Å². The van der Waals surface area contributed by atoms with Crippen molar-refractivity contribution in [3.8, 4) is 0 Å². The van der Waals surface area contributed by atoms with Gasteiger partial charge < -0.3 is 5.32 Å². The van der Waals surface area contributed by atoms with Crippen molar-refractivity contribution < 1.29 is 9.18 Å². The first-order valence-electron chi connectivity index (χ1n) is 7.64. The topological polar surface area (TPSA) is 58.1 Å². The number of halogens is 1. The van der Waals surface area contributed by atoms with Crippen LogP contribution in [0.25, 0.3) is 0 Å². The summed E-state index contributed by atoms with van der Waals surface area (Å²) in [7, 11) is 1.83. The Hall–Kier alpha value is -2.34. The first-order valence-corrected chi connectivity index (χ1v) is 7.64. The minimum atomic E-state index is -0.284. The molecule has 2 heterocycles. The zero-order valence-corrected chi connectivity index (χ0v) is 13.3. The van der Waals surface area contributed by atoms with Gasteiger partial charge in [-0.2, -0.15) is 0 Å². The molecule has 0 fully saturated rings. The molecule has 1 amide bonds. The van der Waals surface area contributed by atoms with E-state index in [-0.39, 0.29) is 11.7 Å². The van der Waals surface area contributed by atoms with Gasteiger partial charge >= 0.3 is 0 Å². The van der Waals surface area contributed by atoms with Crippen molar-refractivity contribution in [3.63, 3.8) is 0 Å². The zero-order valence-electron chi connectivity index (χ0n) is 13.3. The van der Waals surface area contributed by atoms with Gasteiger partial charge in [0.05, 0.1) is 13.1 Å². The smallest absolute Gasteiger partial charge is 0.228 e. The largest absolute Gasteiger partial charge is 0.313 e. The molecular formula is C17H19FN4O. The highest BCUT2D eigenvalue weighted by molar-refractivity contribution is 5.95. The summed E-state index contributed by atoms with van der Waals surface area (Å²) < 4.78 is 13.1. The molecule has 0 atom stereocenters. The quantitative estimate of drug-likeness (QED) is 0.939. The molecule has 120 valence electrons. The first kappa shape index (κ1) is 15.6. The molecule has 0 saturated carbocycles. The molecule has 0 unspecified atom stereocenters. The van der Waals surface area contributed by atoms with E-state index in [1.54, 1.807) is 17.0 Å². The van der Waals surface area contributed by atoms with Crippen LogP contribution >= 0.6 is 0 Å². The summed E-state index contributed by atoms with van der Waals surface area (Å²) in [6, 6.07) is 6.20. The lowest BCUT2D eigenvalue weighted by molar-refractivity contribution is -0.119. The van der Waals surface area contributed by atoms with Crippen molar-refractivity contribution in [1.29, 1.82) is 0 Å². The van der Waals surface area contributed by atoms with Gasteiger partial charge in [0.25, 0.3) is 0 Å². The number of anilines is 1. The number of carbonyl (C=O) groups excluding carboxylic acids is 1. The molecule has 6 heteroatoms. The van der Waals surface area contributed by atoms with Crippen molar-refractivity contribution in [1.82, 2.24) is 15.3 Å². The molecule has 1 aromatic heterocycles. The van der Waals surface area contributed by atoms with Gasteiger partial charge in [0, 0.05) is 17.7 Å². The molecule has 1 N–H and O–H groups in total. The standard InChI is InChI=1S/C17H19FN4O/c1-11-14-7-8-16(23)22(10-12-3-5-13(18)6-4-12)17(14)21-15(20-11)9-19-2/h3-6,19H,7-10H2,1-2H3. The molecule has 1 aliphatic heterocycles. The van der Waals surface area contributed by atoms with Crippen molar-refractivity contribution in [2.75, 3.05) is 11.9 Å². The molecule has 5 nitrogen and oxygen atoms in total. The molecule has 3 rings (SSSR count). The van der Waals surface area contributed by atoms with E-state index in [0.29, 0.717) is 37.6 Å². The summed E-state index contributed by atoms with van der Waals surface area (Å²) in [5.41, 5.74) is 2.81. The van der Waals surface area contributed by atoms with Gasteiger partial charge in [0.2, 0.25) is 5.91 Å². The molecular weight excluding hydrogens is 295 g/mol. The Balaban J connectivity index is 1.97. The van der Waals surface area contributed by atoms with Crippen LogP contribution < -0.4 is 10.2 Å². The summed E-state index contributed by atoms with van der Waals surface area (Å²) in [6.45, 7) is 2.89. The molecule has 1 aliphatic rings. The molecule has 1 aromatic carbocycles. The summed E-state index contributed by atoms with van der Waals surface area (Å²) in [4.78, 5) is 23.1. The van der Waals surface area contributed by atoms with Crippen LogP contribution in [0.1, 0.15) is 29.1 Å². The van der Waals surface area contributed by atoms with E-state index < -0.39 is 0 Å². The van der Waals surface area contributed by atoms with E-state index >= 15 is 0 Å². The van der Waals surface area contributed by atoms with E-state index in [1.165, 1.54) is 12.1 Å². The van der Waals surface area contributed by atoms with Gasteiger partial charge in [-0.1, -0.05) is 12.1 Å². The van der Waals surface area contributed by atoms with Crippen molar-refractivity contribution in [2.24, 2.45) is 0 Å². The average Bonchev–Trinajstić information content (AvgIpc) is 2.52. The molecule has 23 heavy (non-hydrogen) atoms. The third kappa shape index (κ3) is 3.22. The number of fused-ring (bicyclic) bond motifs is 1. The monoisotopic (exact) mass is 314 g/mol. The molecule has 0 radical (unpaired) electrons. The van der Waals surface area contributed by atoms with Crippen LogP contribution in [0, 0.1) is 12.7 Å². The van der Waals surface area contributed by atoms with Crippen LogP contribution in [-0.4, -0.2) is 22.9 Å². The van der Waals surface area contributed by atoms with Crippen LogP contribution in [0.5, 0.6) is 0 Å². The summed E-state index contributed by atoms with van der Waals surface area (Å²) >= 11 is 0. The Bertz CT molecular complexity index is 730. The molecule has 0 bridgehead atoms. The number of rotatable bonds is 4. The fraction of sp³-hybridized carbons (Fsp3) is 0.353. The van der Waals surface area contributed by atoms with E-state index in [2.05, 4.69) is 15.3 Å². The minimum absolute atomic E-state index is 0.0373. The number of aryl methyl sites for hydroxylation is 1. The van der Waals surface area contributed by atoms with Crippen molar-refractivity contribution in [2.45, 2.75) is 32.9 Å². The Morgan fingerprint density at radius 3 is 2.65 bits per heavy atom. The Morgan fingerprint density at radius 1 is 1.22 bits per heavy atom. The number of nitrogens with one attached hydrogen (secondary N) is 1. The number of aromatic nitrogens is 2. The summed E-state index contributed by atoms with van der Waals surface area (Å²) in [5.74, 6) is 1.11. The number of amides is 1. The second-order valence-electron chi connectivity index (χ2n) is 5.66. The maximum atomic E-state index is 13.1. The molecule has 2 aromatic rings.